The quantitative estimate of drug-likeness (QED) is 0.877. The first-order valence-electron chi connectivity index (χ1n) is 9.38. The summed E-state index contributed by atoms with van der Waals surface area (Å²) in [5.41, 5.74) is 3.15. The van der Waals surface area contributed by atoms with Crippen molar-refractivity contribution in [2.24, 2.45) is 0 Å². The third kappa shape index (κ3) is 4.07. The zero-order valence-corrected chi connectivity index (χ0v) is 15.4. The summed E-state index contributed by atoms with van der Waals surface area (Å²) in [6.07, 6.45) is 1.84. The van der Waals surface area contributed by atoms with Crippen molar-refractivity contribution in [2.75, 3.05) is 56.1 Å². The number of nitrogens with one attached hydrogen (secondary N) is 1. The molecule has 2 N–H and O–H groups in total. The van der Waals surface area contributed by atoms with Crippen LogP contribution in [0.4, 0.5) is 16.2 Å². The molecule has 0 aliphatic carbocycles. The van der Waals surface area contributed by atoms with Crippen molar-refractivity contribution in [1.82, 2.24) is 9.80 Å². The Morgan fingerprint density at radius 1 is 1.24 bits per heavy atom. The molecule has 2 heterocycles. The molecule has 0 saturated carbocycles. The van der Waals surface area contributed by atoms with Crippen molar-refractivity contribution in [3.05, 3.63) is 23.8 Å². The molecule has 0 radical (unpaired) electrons. The number of piperazine rings is 1. The highest BCUT2D eigenvalue weighted by Gasteiger charge is 2.28. The molecule has 2 amide bonds. The Balaban J connectivity index is 1.63. The van der Waals surface area contributed by atoms with Crippen LogP contribution in [0.1, 0.15) is 25.3 Å². The first-order valence-corrected chi connectivity index (χ1v) is 9.38. The van der Waals surface area contributed by atoms with Gasteiger partial charge in [0.15, 0.2) is 0 Å². The van der Waals surface area contributed by atoms with E-state index in [-0.39, 0.29) is 18.7 Å². The van der Waals surface area contributed by atoms with Crippen molar-refractivity contribution >= 4 is 17.4 Å². The van der Waals surface area contributed by atoms with Gasteiger partial charge in [-0.25, -0.2) is 4.79 Å². The lowest BCUT2D eigenvalue weighted by Gasteiger charge is -2.35. The predicted molar refractivity (Wildman–Crippen MR) is 101 cm³/mol. The zero-order chi connectivity index (χ0) is 17.8. The highest BCUT2D eigenvalue weighted by Crippen LogP contribution is 2.25. The van der Waals surface area contributed by atoms with Gasteiger partial charge < -0.3 is 25.1 Å². The Kier molecular flexibility index (Phi) is 5.81. The number of hydrogen-bond acceptors (Lipinski definition) is 4. The number of aliphatic hydroxyl groups is 1. The van der Waals surface area contributed by atoms with E-state index < -0.39 is 0 Å². The number of anilines is 2. The molecule has 3 rings (SSSR count). The third-order valence-corrected chi connectivity index (χ3v) is 5.48. The van der Waals surface area contributed by atoms with E-state index in [4.69, 9.17) is 0 Å². The number of carbonyl (C=O) groups excluding carboxylic acids is 1. The second-order valence-electron chi connectivity index (χ2n) is 7.02. The number of aliphatic hydroxyl groups excluding tert-OH is 1. The van der Waals surface area contributed by atoms with E-state index >= 15 is 0 Å². The molecule has 1 atom stereocenters. The molecule has 138 valence electrons. The van der Waals surface area contributed by atoms with Gasteiger partial charge in [0.2, 0.25) is 0 Å². The first-order chi connectivity index (χ1) is 12.1. The lowest BCUT2D eigenvalue weighted by Crippen LogP contribution is -2.46. The van der Waals surface area contributed by atoms with Gasteiger partial charge in [0.05, 0.1) is 12.6 Å². The first kappa shape index (κ1) is 18.0. The second kappa shape index (κ2) is 8.06. The van der Waals surface area contributed by atoms with Gasteiger partial charge in [-0.05, 0) is 50.1 Å². The van der Waals surface area contributed by atoms with Crippen LogP contribution in [0.15, 0.2) is 18.2 Å². The maximum absolute atomic E-state index is 12.5. The van der Waals surface area contributed by atoms with E-state index in [1.807, 2.05) is 13.0 Å². The Bertz CT molecular complexity index is 599. The monoisotopic (exact) mass is 346 g/mol. The number of rotatable bonds is 4. The number of nitrogens with zero attached hydrogens (tertiary/aromatic N) is 3. The number of likely N-dealkylation sites (tertiary alicyclic amines) is 1. The highest BCUT2D eigenvalue weighted by atomic mass is 16.3. The van der Waals surface area contributed by atoms with Crippen LogP contribution in [0.5, 0.6) is 0 Å². The summed E-state index contributed by atoms with van der Waals surface area (Å²) in [4.78, 5) is 19.1. The molecule has 25 heavy (non-hydrogen) atoms. The van der Waals surface area contributed by atoms with Gasteiger partial charge >= 0.3 is 6.03 Å². The van der Waals surface area contributed by atoms with E-state index in [1.54, 1.807) is 4.90 Å². The minimum absolute atomic E-state index is 0.0368. The summed E-state index contributed by atoms with van der Waals surface area (Å²) < 4.78 is 0. The number of carbonyl (C=O) groups is 1. The SMILES string of the molecule is CCN1CCN(c2ccc(NC(=O)N3CCCC3CO)c(C)c2)CC1. The fourth-order valence-corrected chi connectivity index (χ4v) is 3.79. The largest absolute Gasteiger partial charge is 0.394 e. The zero-order valence-electron chi connectivity index (χ0n) is 15.4. The van der Waals surface area contributed by atoms with Gasteiger partial charge in [0.1, 0.15) is 0 Å². The molecular formula is C19H30N4O2. The standard InChI is InChI=1S/C19H30N4O2/c1-3-21-9-11-22(12-10-21)16-6-7-18(15(2)13-16)20-19(25)23-8-4-5-17(23)14-24/h6-7,13,17,24H,3-5,8-12,14H2,1-2H3,(H,20,25). The molecular weight excluding hydrogens is 316 g/mol. The van der Waals surface area contributed by atoms with Crippen LogP contribution in [0, 0.1) is 6.92 Å². The number of amides is 2. The average molecular weight is 346 g/mol. The Morgan fingerprint density at radius 2 is 2.00 bits per heavy atom. The molecule has 6 heteroatoms. The van der Waals surface area contributed by atoms with E-state index in [0.717, 1.165) is 63.4 Å². The van der Waals surface area contributed by atoms with E-state index in [1.165, 1.54) is 5.69 Å². The molecule has 0 aromatic heterocycles. The Hall–Kier alpha value is -1.79. The summed E-state index contributed by atoms with van der Waals surface area (Å²) in [6.45, 7) is 10.4. The number of hydrogen-bond donors (Lipinski definition) is 2. The summed E-state index contributed by atoms with van der Waals surface area (Å²) in [5.74, 6) is 0. The van der Waals surface area contributed by atoms with E-state index in [0.29, 0.717) is 0 Å². The van der Waals surface area contributed by atoms with Crippen LogP contribution >= 0.6 is 0 Å². The maximum Gasteiger partial charge on any atom is 0.322 e. The van der Waals surface area contributed by atoms with Gasteiger partial charge in [-0.3, -0.25) is 0 Å². The van der Waals surface area contributed by atoms with Gasteiger partial charge in [-0.2, -0.15) is 0 Å². The maximum atomic E-state index is 12.5. The molecule has 1 unspecified atom stereocenters. The lowest BCUT2D eigenvalue weighted by molar-refractivity contribution is 0.166. The summed E-state index contributed by atoms with van der Waals surface area (Å²) in [7, 11) is 0. The topological polar surface area (TPSA) is 59.0 Å². The average Bonchev–Trinajstić information content (AvgIpc) is 3.12. The normalized spacial score (nSPS) is 21.6. The highest BCUT2D eigenvalue weighted by molar-refractivity contribution is 5.90. The molecule has 6 nitrogen and oxygen atoms in total. The van der Waals surface area contributed by atoms with Gasteiger partial charge in [-0.1, -0.05) is 6.92 Å². The smallest absolute Gasteiger partial charge is 0.322 e. The molecule has 2 saturated heterocycles. The Morgan fingerprint density at radius 3 is 2.64 bits per heavy atom. The molecule has 0 bridgehead atoms. The molecule has 2 fully saturated rings. The fourth-order valence-electron chi connectivity index (χ4n) is 3.79. The van der Waals surface area contributed by atoms with E-state index in [2.05, 4.69) is 34.2 Å². The van der Waals surface area contributed by atoms with Crippen LogP contribution < -0.4 is 10.2 Å². The van der Waals surface area contributed by atoms with Crippen LogP contribution in [0.2, 0.25) is 0 Å². The molecule has 2 aliphatic rings. The van der Waals surface area contributed by atoms with Crippen molar-refractivity contribution < 1.29 is 9.90 Å². The molecule has 1 aromatic rings. The molecule has 0 spiro atoms. The van der Waals surface area contributed by atoms with Crippen molar-refractivity contribution in [2.45, 2.75) is 32.7 Å². The van der Waals surface area contributed by atoms with E-state index in [9.17, 15) is 9.90 Å². The van der Waals surface area contributed by atoms with Crippen molar-refractivity contribution in [1.29, 1.82) is 0 Å². The molecule has 1 aromatic carbocycles. The number of likely N-dealkylation sites (N-methyl/N-ethyl adjacent to an activating group) is 1. The van der Waals surface area contributed by atoms with Gasteiger partial charge in [0.25, 0.3) is 0 Å². The minimum Gasteiger partial charge on any atom is -0.394 e. The number of urea groups is 1. The summed E-state index contributed by atoms with van der Waals surface area (Å²) in [5, 5.41) is 12.4. The minimum atomic E-state index is -0.107. The second-order valence-corrected chi connectivity index (χ2v) is 7.02. The van der Waals surface area contributed by atoms with Crippen molar-refractivity contribution in [3.8, 4) is 0 Å². The van der Waals surface area contributed by atoms with Crippen LogP contribution in [0.25, 0.3) is 0 Å². The van der Waals surface area contributed by atoms with Crippen LogP contribution in [-0.4, -0.2) is 72.9 Å². The summed E-state index contributed by atoms with van der Waals surface area (Å²) >= 11 is 0. The number of aryl methyl sites for hydroxylation is 1. The Labute approximate surface area is 150 Å². The fraction of sp³-hybridized carbons (Fsp3) is 0.632. The predicted octanol–water partition coefficient (Wildman–Crippen LogP) is 2.13. The lowest BCUT2D eigenvalue weighted by atomic mass is 10.1. The summed E-state index contributed by atoms with van der Waals surface area (Å²) in [6, 6.07) is 6.10. The van der Waals surface area contributed by atoms with Crippen molar-refractivity contribution in [3.63, 3.8) is 0 Å². The van der Waals surface area contributed by atoms with Crippen LogP contribution in [0.3, 0.4) is 0 Å². The van der Waals surface area contributed by atoms with Gasteiger partial charge in [0, 0.05) is 44.1 Å². The third-order valence-electron chi connectivity index (χ3n) is 5.48. The number of benzene rings is 1. The van der Waals surface area contributed by atoms with Gasteiger partial charge in [-0.15, -0.1) is 0 Å². The molecule has 2 aliphatic heterocycles. The van der Waals surface area contributed by atoms with Crippen LogP contribution in [-0.2, 0) is 0 Å².